The van der Waals surface area contributed by atoms with E-state index < -0.39 is 0 Å². The van der Waals surface area contributed by atoms with Crippen LogP contribution in [0.25, 0.3) is 0 Å². The lowest BCUT2D eigenvalue weighted by Crippen LogP contribution is -2.06. The highest BCUT2D eigenvalue weighted by Crippen LogP contribution is 2.31. The zero-order chi connectivity index (χ0) is 11.6. The van der Waals surface area contributed by atoms with Crippen molar-refractivity contribution in [1.29, 1.82) is 0 Å². The van der Waals surface area contributed by atoms with Crippen molar-refractivity contribution in [2.75, 3.05) is 12.8 Å². The Bertz CT molecular complexity index is 231. The van der Waals surface area contributed by atoms with Gasteiger partial charge in [-0.2, -0.15) is 0 Å². The summed E-state index contributed by atoms with van der Waals surface area (Å²) in [6, 6.07) is 0. The van der Waals surface area contributed by atoms with Gasteiger partial charge in [-0.3, -0.25) is 0 Å². The van der Waals surface area contributed by atoms with E-state index in [0.717, 1.165) is 5.25 Å². The third kappa shape index (κ3) is 5.32. The van der Waals surface area contributed by atoms with Gasteiger partial charge in [0, 0.05) is 17.5 Å². The maximum atomic E-state index is 4.17. The van der Waals surface area contributed by atoms with E-state index in [1.54, 1.807) is 0 Å². The molecule has 0 heterocycles. The van der Waals surface area contributed by atoms with Crippen molar-refractivity contribution in [1.82, 2.24) is 0 Å². The summed E-state index contributed by atoms with van der Waals surface area (Å²) in [4.78, 5) is 4.17. The monoisotopic (exact) mass is 241 g/mol. The van der Waals surface area contributed by atoms with Crippen molar-refractivity contribution in [3.8, 4) is 0 Å². The minimum absolute atomic E-state index is 0.346. The van der Waals surface area contributed by atoms with Gasteiger partial charge < -0.3 is 0 Å². The molecule has 0 aromatic rings. The largest absolute Gasteiger partial charge is 0.241 e. The van der Waals surface area contributed by atoms with Crippen LogP contribution in [0.2, 0.25) is 0 Å². The molecule has 1 rings (SSSR count). The van der Waals surface area contributed by atoms with Crippen LogP contribution in [0.15, 0.2) is 4.99 Å². The van der Waals surface area contributed by atoms with Crippen molar-refractivity contribution in [3.05, 3.63) is 0 Å². The van der Waals surface area contributed by atoms with Crippen LogP contribution in [0, 0.1) is 0 Å². The molecule has 0 saturated heterocycles. The Labute approximate surface area is 104 Å². The molecule has 1 aliphatic carbocycles. The van der Waals surface area contributed by atoms with Crippen LogP contribution < -0.4 is 0 Å². The molecule has 1 unspecified atom stereocenters. The standard InChI is InChI=1S/C14H27NS/c1-3-12-16(13-15-2)14-10-8-6-4-5-7-9-11-14/h14H,3-12H2,1-2H3. The SMILES string of the molecule is CCCS(=C=NC)C1CCCCCCCC1. The van der Waals surface area contributed by atoms with Crippen LogP contribution in [0.1, 0.15) is 64.7 Å². The summed E-state index contributed by atoms with van der Waals surface area (Å²) < 4.78 is 0. The highest BCUT2D eigenvalue weighted by atomic mass is 32.2. The zero-order valence-corrected chi connectivity index (χ0v) is 11.8. The van der Waals surface area contributed by atoms with Crippen LogP contribution in [-0.4, -0.2) is 23.2 Å². The maximum absolute atomic E-state index is 4.17. The summed E-state index contributed by atoms with van der Waals surface area (Å²) in [6.07, 6.45) is 12.8. The van der Waals surface area contributed by atoms with E-state index in [0.29, 0.717) is 10.5 Å². The second-order valence-corrected chi connectivity index (χ2v) is 6.88. The zero-order valence-electron chi connectivity index (χ0n) is 11.0. The summed E-state index contributed by atoms with van der Waals surface area (Å²) >= 11 is 0. The third-order valence-electron chi connectivity index (χ3n) is 3.34. The highest BCUT2D eigenvalue weighted by Gasteiger charge is 2.13. The fraction of sp³-hybridized carbons (Fsp3) is 0.929. The van der Waals surface area contributed by atoms with E-state index in [2.05, 4.69) is 17.1 Å². The third-order valence-corrected chi connectivity index (χ3v) is 5.88. The van der Waals surface area contributed by atoms with Gasteiger partial charge in [0.2, 0.25) is 0 Å². The van der Waals surface area contributed by atoms with Crippen molar-refractivity contribution in [2.45, 2.75) is 70.0 Å². The maximum Gasteiger partial charge on any atom is 0.0377 e. The van der Waals surface area contributed by atoms with Gasteiger partial charge in [0.25, 0.3) is 0 Å². The van der Waals surface area contributed by atoms with Gasteiger partial charge >= 0.3 is 0 Å². The minimum atomic E-state index is 0.346. The van der Waals surface area contributed by atoms with Crippen LogP contribution in [-0.2, 0) is 0 Å². The molecule has 0 aromatic carbocycles. The first-order chi connectivity index (χ1) is 7.88. The molecule has 1 aliphatic rings. The van der Waals surface area contributed by atoms with Crippen LogP contribution in [0.4, 0.5) is 0 Å². The fourth-order valence-corrected chi connectivity index (χ4v) is 4.65. The van der Waals surface area contributed by atoms with Crippen LogP contribution >= 0.6 is 10.5 Å². The molecule has 1 atom stereocenters. The molecule has 94 valence electrons. The first-order valence-corrected chi connectivity index (χ1v) is 8.38. The number of hydrogen-bond donors (Lipinski definition) is 0. The van der Waals surface area contributed by atoms with E-state index in [1.807, 2.05) is 7.05 Å². The molecule has 0 N–H and O–H groups in total. The molecular weight excluding hydrogens is 214 g/mol. The number of rotatable bonds is 3. The van der Waals surface area contributed by atoms with E-state index in [9.17, 15) is 0 Å². The summed E-state index contributed by atoms with van der Waals surface area (Å²) in [7, 11) is 2.23. The first kappa shape index (κ1) is 14.0. The van der Waals surface area contributed by atoms with E-state index >= 15 is 0 Å². The molecule has 0 spiro atoms. The number of hydrogen-bond acceptors (Lipinski definition) is 1. The summed E-state index contributed by atoms with van der Waals surface area (Å²) in [5.74, 6) is 1.31. The summed E-state index contributed by atoms with van der Waals surface area (Å²) in [5.41, 5.74) is 0. The van der Waals surface area contributed by atoms with Gasteiger partial charge in [-0.05, 0) is 25.0 Å². The van der Waals surface area contributed by atoms with Gasteiger partial charge in [-0.25, -0.2) is 4.99 Å². The highest BCUT2D eigenvalue weighted by molar-refractivity contribution is 8.15. The molecule has 0 bridgehead atoms. The Morgan fingerprint density at radius 1 is 1.06 bits per heavy atom. The van der Waals surface area contributed by atoms with Crippen molar-refractivity contribution >= 4 is 15.6 Å². The average molecular weight is 241 g/mol. The van der Waals surface area contributed by atoms with Crippen LogP contribution in [0.3, 0.4) is 0 Å². The second-order valence-electron chi connectivity index (χ2n) is 4.77. The van der Waals surface area contributed by atoms with Gasteiger partial charge in [-0.15, -0.1) is 10.5 Å². The Kier molecular flexibility index (Phi) is 7.88. The molecular formula is C14H27NS. The van der Waals surface area contributed by atoms with E-state index in [4.69, 9.17) is 0 Å². The van der Waals surface area contributed by atoms with Crippen LogP contribution in [0.5, 0.6) is 0 Å². The topological polar surface area (TPSA) is 12.4 Å². The quantitative estimate of drug-likeness (QED) is 0.501. The summed E-state index contributed by atoms with van der Waals surface area (Å²) in [5, 5.41) is 4.27. The normalized spacial score (nSPS) is 21.4. The number of nitrogens with zero attached hydrogens (tertiary/aromatic N) is 1. The van der Waals surface area contributed by atoms with E-state index in [-0.39, 0.29) is 0 Å². The predicted molar refractivity (Wildman–Crippen MR) is 76.8 cm³/mol. The lowest BCUT2D eigenvalue weighted by Gasteiger charge is -2.18. The second kappa shape index (κ2) is 9.01. The lowest BCUT2D eigenvalue weighted by molar-refractivity contribution is 0.624. The number of aliphatic imine (C=N–C) groups is 1. The first-order valence-electron chi connectivity index (χ1n) is 6.92. The van der Waals surface area contributed by atoms with Crippen molar-refractivity contribution in [3.63, 3.8) is 0 Å². The molecule has 0 radical (unpaired) electrons. The molecule has 1 nitrogen and oxygen atoms in total. The molecule has 16 heavy (non-hydrogen) atoms. The van der Waals surface area contributed by atoms with Crippen molar-refractivity contribution in [2.24, 2.45) is 4.99 Å². The molecule has 0 aromatic heterocycles. The summed E-state index contributed by atoms with van der Waals surface area (Å²) in [6.45, 7) is 2.28. The lowest BCUT2D eigenvalue weighted by atomic mass is 10.1. The van der Waals surface area contributed by atoms with E-state index in [1.165, 1.54) is 63.5 Å². The molecule has 2 heteroatoms. The van der Waals surface area contributed by atoms with Gasteiger partial charge in [0.15, 0.2) is 0 Å². The Hall–Kier alpha value is -0.0700. The smallest absolute Gasteiger partial charge is 0.0377 e. The van der Waals surface area contributed by atoms with Gasteiger partial charge in [-0.1, -0.05) is 45.4 Å². The molecule has 1 saturated carbocycles. The Morgan fingerprint density at radius 3 is 2.12 bits per heavy atom. The molecule has 0 amide bonds. The molecule has 0 aliphatic heterocycles. The Morgan fingerprint density at radius 2 is 1.62 bits per heavy atom. The average Bonchev–Trinajstić information content (AvgIpc) is 2.42. The predicted octanol–water partition coefficient (Wildman–Crippen LogP) is 4.70. The molecule has 1 fully saturated rings. The number of isothiocyanates is 1. The van der Waals surface area contributed by atoms with Gasteiger partial charge in [0.1, 0.15) is 0 Å². The minimum Gasteiger partial charge on any atom is -0.241 e. The fourth-order valence-electron chi connectivity index (χ4n) is 2.50. The van der Waals surface area contributed by atoms with Gasteiger partial charge in [0.05, 0.1) is 0 Å². The Balaban J connectivity index is 2.60. The van der Waals surface area contributed by atoms with Crippen molar-refractivity contribution < 1.29 is 0 Å².